The summed E-state index contributed by atoms with van der Waals surface area (Å²) in [5.74, 6) is 3.28. The maximum atomic E-state index is 9.32. The van der Waals surface area contributed by atoms with E-state index in [-0.39, 0.29) is 0 Å². The summed E-state index contributed by atoms with van der Waals surface area (Å²) in [5, 5.41) is 9.32. The highest BCUT2D eigenvalue weighted by molar-refractivity contribution is 7.99. The normalized spacial score (nSPS) is 41.5. The predicted molar refractivity (Wildman–Crippen MR) is 57.1 cm³/mol. The van der Waals surface area contributed by atoms with E-state index in [4.69, 9.17) is 0 Å². The molecule has 2 rings (SSSR count). The summed E-state index contributed by atoms with van der Waals surface area (Å²) < 4.78 is 0. The average molecular weight is 201 g/mol. The molecule has 2 heterocycles. The van der Waals surface area contributed by atoms with E-state index in [0.29, 0.717) is 18.6 Å². The fourth-order valence-electron chi connectivity index (χ4n) is 2.56. The minimum atomic E-state index is 0.350. The maximum Gasteiger partial charge on any atom is 0.0589 e. The summed E-state index contributed by atoms with van der Waals surface area (Å²) in [6.07, 6.45) is 2.60. The summed E-state index contributed by atoms with van der Waals surface area (Å²) in [6, 6.07) is 1.20. The van der Waals surface area contributed by atoms with Gasteiger partial charge in [0.2, 0.25) is 0 Å². The van der Waals surface area contributed by atoms with Crippen molar-refractivity contribution in [1.82, 2.24) is 4.90 Å². The lowest BCUT2D eigenvalue weighted by molar-refractivity contribution is 0.111. The monoisotopic (exact) mass is 201 g/mol. The first-order chi connectivity index (χ1) is 6.33. The molecule has 0 bridgehead atoms. The Morgan fingerprint density at radius 1 is 1.46 bits per heavy atom. The van der Waals surface area contributed by atoms with Crippen LogP contribution in [0.3, 0.4) is 0 Å². The van der Waals surface area contributed by atoms with Crippen molar-refractivity contribution in [2.75, 3.05) is 24.7 Å². The molecule has 76 valence electrons. The van der Waals surface area contributed by atoms with Gasteiger partial charge < -0.3 is 5.11 Å². The number of aliphatic hydroxyl groups excluding tert-OH is 1. The smallest absolute Gasteiger partial charge is 0.0589 e. The molecule has 13 heavy (non-hydrogen) atoms. The third-order valence-corrected chi connectivity index (χ3v) is 4.63. The van der Waals surface area contributed by atoms with Crippen LogP contribution in [0.25, 0.3) is 0 Å². The summed E-state index contributed by atoms with van der Waals surface area (Å²) in [7, 11) is 0. The number of hydrogen-bond acceptors (Lipinski definition) is 3. The Kier molecular flexibility index (Phi) is 3.17. The molecule has 2 aliphatic rings. The Labute approximate surface area is 84.7 Å². The van der Waals surface area contributed by atoms with Crippen LogP contribution in [-0.2, 0) is 0 Å². The van der Waals surface area contributed by atoms with Crippen molar-refractivity contribution in [3.8, 4) is 0 Å². The molecule has 0 radical (unpaired) electrons. The van der Waals surface area contributed by atoms with Crippen molar-refractivity contribution in [1.29, 1.82) is 0 Å². The van der Waals surface area contributed by atoms with Gasteiger partial charge in [0.1, 0.15) is 0 Å². The Morgan fingerprint density at radius 3 is 2.92 bits per heavy atom. The number of nitrogens with zero attached hydrogens (tertiary/aromatic N) is 1. The zero-order valence-corrected chi connectivity index (χ0v) is 9.09. The van der Waals surface area contributed by atoms with Crippen molar-refractivity contribution in [3.63, 3.8) is 0 Å². The van der Waals surface area contributed by atoms with Crippen LogP contribution in [0.5, 0.6) is 0 Å². The van der Waals surface area contributed by atoms with E-state index in [2.05, 4.69) is 23.6 Å². The molecule has 0 spiro atoms. The molecule has 0 aliphatic carbocycles. The van der Waals surface area contributed by atoms with Crippen LogP contribution in [0.1, 0.15) is 19.8 Å². The van der Waals surface area contributed by atoms with Gasteiger partial charge in [0.25, 0.3) is 0 Å². The first-order valence-electron chi connectivity index (χ1n) is 5.27. The first kappa shape index (κ1) is 9.81. The molecule has 2 saturated heterocycles. The Balaban J connectivity index is 1.97. The third kappa shape index (κ3) is 1.88. The standard InChI is InChI=1S/C10H19NOS/c1-8-2-4-11(10(8)6-12)9-3-5-13-7-9/h8-10,12H,2-7H2,1H3. The van der Waals surface area contributed by atoms with Crippen molar-refractivity contribution >= 4 is 11.8 Å². The minimum absolute atomic E-state index is 0.350. The molecule has 0 aromatic heterocycles. The Hall–Kier alpha value is 0.270. The molecule has 2 aliphatic heterocycles. The molecule has 1 N–H and O–H groups in total. The topological polar surface area (TPSA) is 23.5 Å². The van der Waals surface area contributed by atoms with E-state index in [1.165, 1.54) is 30.9 Å². The van der Waals surface area contributed by atoms with Gasteiger partial charge in [-0.3, -0.25) is 4.90 Å². The van der Waals surface area contributed by atoms with Gasteiger partial charge in [-0.05, 0) is 31.1 Å². The van der Waals surface area contributed by atoms with Gasteiger partial charge in [-0.1, -0.05) is 6.92 Å². The van der Waals surface area contributed by atoms with E-state index >= 15 is 0 Å². The van der Waals surface area contributed by atoms with Crippen LogP contribution in [0.15, 0.2) is 0 Å². The van der Waals surface area contributed by atoms with Crippen molar-refractivity contribution < 1.29 is 5.11 Å². The second-order valence-electron chi connectivity index (χ2n) is 4.27. The van der Waals surface area contributed by atoms with Crippen molar-refractivity contribution in [2.24, 2.45) is 5.92 Å². The fraction of sp³-hybridized carbons (Fsp3) is 1.00. The zero-order chi connectivity index (χ0) is 9.26. The molecule has 2 nitrogen and oxygen atoms in total. The van der Waals surface area contributed by atoms with Crippen LogP contribution in [0, 0.1) is 5.92 Å². The highest BCUT2D eigenvalue weighted by Crippen LogP contribution is 2.31. The SMILES string of the molecule is CC1CCN(C2CCSC2)C1CO. The van der Waals surface area contributed by atoms with Gasteiger partial charge in [-0.2, -0.15) is 11.8 Å². The van der Waals surface area contributed by atoms with E-state index in [9.17, 15) is 5.11 Å². The first-order valence-corrected chi connectivity index (χ1v) is 6.42. The largest absolute Gasteiger partial charge is 0.395 e. The molecule has 0 saturated carbocycles. The number of hydrogen-bond donors (Lipinski definition) is 1. The van der Waals surface area contributed by atoms with Gasteiger partial charge in [0, 0.05) is 17.8 Å². The maximum absolute atomic E-state index is 9.32. The lowest BCUT2D eigenvalue weighted by Crippen LogP contribution is -2.42. The fourth-order valence-corrected chi connectivity index (χ4v) is 3.80. The van der Waals surface area contributed by atoms with E-state index in [1.54, 1.807) is 0 Å². The average Bonchev–Trinajstić information content (AvgIpc) is 2.71. The number of likely N-dealkylation sites (tertiary alicyclic amines) is 1. The van der Waals surface area contributed by atoms with Crippen LogP contribution >= 0.6 is 11.8 Å². The quantitative estimate of drug-likeness (QED) is 0.726. The highest BCUT2D eigenvalue weighted by atomic mass is 32.2. The molecule has 3 heteroatoms. The molecule has 0 amide bonds. The molecule has 2 fully saturated rings. The molecule has 3 atom stereocenters. The second-order valence-corrected chi connectivity index (χ2v) is 5.42. The van der Waals surface area contributed by atoms with E-state index in [0.717, 1.165) is 6.04 Å². The third-order valence-electron chi connectivity index (χ3n) is 3.49. The van der Waals surface area contributed by atoms with Crippen molar-refractivity contribution in [2.45, 2.75) is 31.8 Å². The molecule has 0 aromatic rings. The van der Waals surface area contributed by atoms with E-state index < -0.39 is 0 Å². The molecular formula is C10H19NOS. The van der Waals surface area contributed by atoms with Gasteiger partial charge in [-0.15, -0.1) is 0 Å². The lowest BCUT2D eigenvalue weighted by atomic mass is 10.0. The summed E-state index contributed by atoms with van der Waals surface area (Å²) in [4.78, 5) is 2.55. The van der Waals surface area contributed by atoms with Crippen molar-refractivity contribution in [3.05, 3.63) is 0 Å². The van der Waals surface area contributed by atoms with Gasteiger partial charge >= 0.3 is 0 Å². The van der Waals surface area contributed by atoms with Crippen LogP contribution in [0.2, 0.25) is 0 Å². The van der Waals surface area contributed by atoms with Gasteiger partial charge in [0.05, 0.1) is 6.61 Å². The van der Waals surface area contributed by atoms with E-state index in [1.807, 2.05) is 0 Å². The van der Waals surface area contributed by atoms with Crippen LogP contribution < -0.4 is 0 Å². The van der Waals surface area contributed by atoms with Gasteiger partial charge in [0.15, 0.2) is 0 Å². The predicted octanol–water partition coefficient (Wildman–Crippen LogP) is 1.19. The Bertz CT molecular complexity index is 170. The van der Waals surface area contributed by atoms with Gasteiger partial charge in [-0.25, -0.2) is 0 Å². The Morgan fingerprint density at radius 2 is 2.31 bits per heavy atom. The highest BCUT2D eigenvalue weighted by Gasteiger charge is 2.36. The molecule has 0 aromatic carbocycles. The van der Waals surface area contributed by atoms with Crippen LogP contribution in [0.4, 0.5) is 0 Å². The minimum Gasteiger partial charge on any atom is -0.395 e. The number of thioether (sulfide) groups is 1. The zero-order valence-electron chi connectivity index (χ0n) is 8.28. The molecular weight excluding hydrogens is 182 g/mol. The lowest BCUT2D eigenvalue weighted by Gasteiger charge is -2.30. The summed E-state index contributed by atoms with van der Waals surface area (Å²) in [6.45, 7) is 3.82. The summed E-state index contributed by atoms with van der Waals surface area (Å²) >= 11 is 2.06. The van der Waals surface area contributed by atoms with Crippen LogP contribution in [-0.4, -0.2) is 46.7 Å². The summed E-state index contributed by atoms with van der Waals surface area (Å²) in [5.41, 5.74) is 0. The second kappa shape index (κ2) is 4.20. The number of aliphatic hydroxyl groups is 1. The molecule has 3 unspecified atom stereocenters. The number of rotatable bonds is 2.